The Kier molecular flexibility index (Phi) is 9.18. The van der Waals surface area contributed by atoms with Crippen molar-refractivity contribution in [2.24, 2.45) is 10.9 Å². The highest BCUT2D eigenvalue weighted by Crippen LogP contribution is 2.29. The Morgan fingerprint density at radius 2 is 1.53 bits per heavy atom. The van der Waals surface area contributed by atoms with Crippen LogP contribution in [0.4, 0.5) is 0 Å². The fraction of sp³-hybridized carbons (Fsp3) is 0.364. The molecular weight excluding hydrogens is 548 g/mol. The summed E-state index contributed by atoms with van der Waals surface area (Å²) in [5.41, 5.74) is 8.40. The van der Waals surface area contributed by atoms with Crippen LogP contribution in [0, 0.1) is 19.8 Å². The Bertz CT molecular complexity index is 1780. The molecule has 1 saturated heterocycles. The standard InChI is InChI=1S/C33H38N4O6/c1-7-20-19(6)32(42)37-27(20)14-25-18(5)23(10-12-31(40)41)29(35-25)15-28-22(9-11-30(38)39)17(4)24(34-28)13-26-16(3)21(8-2)33(43)36-26/h7,13-15,19,34-35H,8-12H2,1-6H3,(H,37,42)(H,38,39)(H,40,41)/b20-7?,24-13?,27-14+,28-15+. The Labute approximate surface area is 249 Å². The van der Waals surface area contributed by atoms with Crippen LogP contribution in [0.2, 0.25) is 0 Å². The number of aliphatic imine (C=N–C) groups is 1. The number of hydrogen-bond acceptors (Lipinski definition) is 4. The van der Waals surface area contributed by atoms with E-state index in [1.807, 2.05) is 65.8 Å². The largest absolute Gasteiger partial charge is 0.481 e. The van der Waals surface area contributed by atoms with Crippen molar-refractivity contribution < 1.29 is 29.4 Å². The predicted molar refractivity (Wildman–Crippen MR) is 165 cm³/mol. The molecule has 10 heteroatoms. The van der Waals surface area contributed by atoms with Gasteiger partial charge in [-0.15, -0.1) is 0 Å². The van der Waals surface area contributed by atoms with Crippen LogP contribution in [0.15, 0.2) is 33.5 Å². The van der Waals surface area contributed by atoms with Crippen LogP contribution in [0.3, 0.4) is 0 Å². The summed E-state index contributed by atoms with van der Waals surface area (Å²) >= 11 is 0. The van der Waals surface area contributed by atoms with Crippen molar-refractivity contribution in [2.45, 2.75) is 73.6 Å². The van der Waals surface area contributed by atoms with Crippen LogP contribution in [0.1, 0.15) is 80.6 Å². The van der Waals surface area contributed by atoms with E-state index >= 15 is 0 Å². The van der Waals surface area contributed by atoms with E-state index in [1.54, 1.807) is 0 Å². The molecule has 1 atom stereocenters. The Morgan fingerprint density at radius 1 is 0.884 bits per heavy atom. The summed E-state index contributed by atoms with van der Waals surface area (Å²) in [6.45, 7) is 11.3. The zero-order valence-corrected chi connectivity index (χ0v) is 25.4. The number of allylic oxidation sites excluding steroid dienone is 3. The third-order valence-corrected chi connectivity index (χ3v) is 8.35. The second-order valence-electron chi connectivity index (χ2n) is 11.0. The van der Waals surface area contributed by atoms with Gasteiger partial charge in [-0.1, -0.05) is 13.0 Å². The predicted octanol–water partition coefficient (Wildman–Crippen LogP) is 3.36. The summed E-state index contributed by atoms with van der Waals surface area (Å²) in [6, 6.07) is 0. The molecule has 2 aliphatic heterocycles. The number of nitrogens with zero attached hydrogens (tertiary/aromatic N) is 1. The van der Waals surface area contributed by atoms with Crippen LogP contribution >= 0.6 is 0 Å². The zero-order chi connectivity index (χ0) is 31.6. The highest BCUT2D eigenvalue weighted by Gasteiger charge is 2.29. The van der Waals surface area contributed by atoms with E-state index in [0.717, 1.165) is 39.1 Å². The molecule has 2 amide bonds. The maximum atomic E-state index is 12.3. The molecule has 0 spiro atoms. The Hall–Kier alpha value is -4.73. The lowest BCUT2D eigenvalue weighted by molar-refractivity contribution is -0.138. The second-order valence-corrected chi connectivity index (χ2v) is 11.0. The average Bonchev–Trinajstić information content (AvgIpc) is 3.59. The van der Waals surface area contributed by atoms with Crippen LogP contribution in [-0.4, -0.2) is 49.6 Å². The third kappa shape index (κ3) is 6.38. The molecule has 0 radical (unpaired) electrons. The Balaban J connectivity index is 1.91. The van der Waals surface area contributed by atoms with E-state index in [-0.39, 0.29) is 43.4 Å². The van der Waals surface area contributed by atoms with Gasteiger partial charge in [-0.25, -0.2) is 4.99 Å². The molecule has 0 saturated carbocycles. The SMILES string of the molecule is CC=C1/C(=C\c2[nH]c(/C=c3/[nH]c(=CC4=NC(=O)C(CC)=C4C)c(C)c3CCC(=O)O)c(CCC(=O)O)c2C)NC(=O)C1C. The molecule has 4 heterocycles. The number of H-pyrrole nitrogens is 2. The molecule has 5 N–H and O–H groups in total. The minimum atomic E-state index is -0.923. The fourth-order valence-electron chi connectivity index (χ4n) is 5.77. The van der Waals surface area contributed by atoms with Gasteiger partial charge in [-0.3, -0.25) is 19.2 Å². The van der Waals surface area contributed by atoms with Crippen molar-refractivity contribution in [2.75, 3.05) is 0 Å². The van der Waals surface area contributed by atoms with Gasteiger partial charge in [0.15, 0.2) is 0 Å². The van der Waals surface area contributed by atoms with Gasteiger partial charge >= 0.3 is 11.9 Å². The molecule has 10 nitrogen and oxygen atoms in total. The molecule has 43 heavy (non-hydrogen) atoms. The minimum Gasteiger partial charge on any atom is -0.481 e. The van der Waals surface area contributed by atoms with E-state index in [4.69, 9.17) is 0 Å². The van der Waals surface area contributed by atoms with Crippen molar-refractivity contribution in [3.8, 4) is 0 Å². The van der Waals surface area contributed by atoms with Gasteiger partial charge in [0.1, 0.15) is 0 Å². The van der Waals surface area contributed by atoms with Crippen molar-refractivity contribution in [1.82, 2.24) is 15.3 Å². The normalized spacial score (nSPS) is 19.8. The van der Waals surface area contributed by atoms with Crippen molar-refractivity contribution >= 4 is 47.7 Å². The number of aromatic amines is 2. The first kappa shape index (κ1) is 31.2. The lowest BCUT2D eigenvalue weighted by Crippen LogP contribution is -2.16. The first-order valence-corrected chi connectivity index (χ1v) is 14.4. The van der Waals surface area contributed by atoms with E-state index in [0.29, 0.717) is 39.8 Å². The van der Waals surface area contributed by atoms with E-state index in [9.17, 15) is 29.4 Å². The summed E-state index contributed by atoms with van der Waals surface area (Å²) in [5.74, 6) is -2.44. The van der Waals surface area contributed by atoms with Gasteiger partial charge in [-0.2, -0.15) is 0 Å². The lowest BCUT2D eigenvalue weighted by Gasteiger charge is -2.03. The molecular formula is C33H38N4O6. The zero-order valence-electron chi connectivity index (χ0n) is 25.4. The van der Waals surface area contributed by atoms with Crippen molar-refractivity contribution in [3.05, 3.63) is 72.8 Å². The van der Waals surface area contributed by atoms with Crippen LogP contribution in [0.5, 0.6) is 0 Å². The van der Waals surface area contributed by atoms with Crippen molar-refractivity contribution in [1.29, 1.82) is 0 Å². The maximum absolute atomic E-state index is 12.3. The third-order valence-electron chi connectivity index (χ3n) is 8.35. The van der Waals surface area contributed by atoms with Gasteiger partial charge in [0.05, 0.1) is 11.6 Å². The molecule has 2 aromatic rings. The highest BCUT2D eigenvalue weighted by atomic mass is 16.4. The van der Waals surface area contributed by atoms with E-state index in [1.165, 1.54) is 0 Å². The highest BCUT2D eigenvalue weighted by molar-refractivity contribution is 6.30. The molecule has 0 bridgehead atoms. The summed E-state index contributed by atoms with van der Waals surface area (Å²) in [7, 11) is 0. The monoisotopic (exact) mass is 586 g/mol. The second kappa shape index (κ2) is 12.6. The number of rotatable bonds is 10. The topological polar surface area (TPSA) is 165 Å². The van der Waals surface area contributed by atoms with Crippen LogP contribution < -0.4 is 16.0 Å². The number of carbonyl (C=O) groups is 4. The summed E-state index contributed by atoms with van der Waals surface area (Å²) in [6.07, 6.45) is 8.45. The number of carbonyl (C=O) groups excluding carboxylic acids is 2. The molecule has 2 aliphatic rings. The number of amides is 2. The quantitative estimate of drug-likeness (QED) is 0.286. The van der Waals surface area contributed by atoms with Crippen molar-refractivity contribution in [3.63, 3.8) is 0 Å². The van der Waals surface area contributed by atoms with Gasteiger partial charge in [-0.05, 0) is 106 Å². The number of nitrogens with one attached hydrogen (secondary N) is 3. The van der Waals surface area contributed by atoms with Gasteiger partial charge in [0.2, 0.25) is 5.91 Å². The van der Waals surface area contributed by atoms with E-state index in [2.05, 4.69) is 20.3 Å². The first-order valence-electron chi connectivity index (χ1n) is 14.4. The van der Waals surface area contributed by atoms with E-state index < -0.39 is 11.9 Å². The lowest BCUT2D eigenvalue weighted by atomic mass is 10.00. The van der Waals surface area contributed by atoms with Gasteiger partial charge < -0.3 is 25.5 Å². The van der Waals surface area contributed by atoms with Gasteiger partial charge in [0.25, 0.3) is 5.91 Å². The minimum absolute atomic E-state index is 0.0721. The summed E-state index contributed by atoms with van der Waals surface area (Å²) in [5, 5.41) is 23.2. The molecule has 0 aromatic carbocycles. The van der Waals surface area contributed by atoms with Crippen LogP contribution in [-0.2, 0) is 32.0 Å². The number of aliphatic carboxylic acids is 2. The number of carboxylic acid groups (broad SMARTS) is 2. The fourth-order valence-corrected chi connectivity index (χ4v) is 5.77. The first-order chi connectivity index (χ1) is 20.4. The number of aromatic nitrogens is 2. The summed E-state index contributed by atoms with van der Waals surface area (Å²) < 4.78 is 0. The molecule has 1 fully saturated rings. The molecule has 1 unspecified atom stereocenters. The molecule has 0 aliphatic carbocycles. The number of hydrogen-bond donors (Lipinski definition) is 5. The van der Waals surface area contributed by atoms with Gasteiger partial charge in [0, 0.05) is 46.2 Å². The molecule has 226 valence electrons. The average molecular weight is 587 g/mol. The molecule has 4 rings (SSSR count). The maximum Gasteiger partial charge on any atom is 0.303 e. The summed E-state index contributed by atoms with van der Waals surface area (Å²) in [4.78, 5) is 58.8. The smallest absolute Gasteiger partial charge is 0.303 e. The van der Waals surface area contributed by atoms with Crippen LogP contribution in [0.25, 0.3) is 18.2 Å². The molecule has 2 aromatic heterocycles. The Morgan fingerprint density at radius 3 is 2.12 bits per heavy atom. The number of carboxylic acids is 2.